The van der Waals surface area contributed by atoms with E-state index in [1.165, 1.54) is 0 Å². The summed E-state index contributed by atoms with van der Waals surface area (Å²) < 4.78 is 8.53. The number of carbonyl (C=O) groups excluding carboxylic acids is 2. The molecule has 0 aliphatic carbocycles. The molecule has 0 fully saturated rings. The Morgan fingerprint density at radius 3 is 2.71 bits per heavy atom. The van der Waals surface area contributed by atoms with Crippen molar-refractivity contribution in [2.75, 3.05) is 32.1 Å². The monoisotopic (exact) mass is 569 g/mol. The van der Waals surface area contributed by atoms with Crippen LogP contribution in [0.3, 0.4) is 0 Å². The number of nitrogens with zero attached hydrogens (tertiary/aromatic N) is 4. The molecule has 220 valence electrons. The summed E-state index contributed by atoms with van der Waals surface area (Å²) in [6.45, 7) is 5.57. The largest absolute Gasteiger partial charge is 0.488 e. The average Bonchev–Trinajstić information content (AvgIpc) is 3.29. The molecule has 2 N–H and O–H groups in total. The first-order valence-corrected chi connectivity index (χ1v) is 14.4. The molecule has 0 spiro atoms. The molecule has 42 heavy (non-hydrogen) atoms. The van der Waals surface area contributed by atoms with Gasteiger partial charge in [0.15, 0.2) is 0 Å². The van der Waals surface area contributed by atoms with E-state index in [4.69, 9.17) is 4.74 Å². The van der Waals surface area contributed by atoms with Crippen LogP contribution in [0.4, 0.5) is 5.69 Å². The van der Waals surface area contributed by atoms with E-state index in [1.807, 2.05) is 68.2 Å². The van der Waals surface area contributed by atoms with E-state index in [0.29, 0.717) is 30.1 Å². The molecule has 2 amide bonds. The van der Waals surface area contributed by atoms with Gasteiger partial charge < -0.3 is 24.6 Å². The maximum absolute atomic E-state index is 13.8. The predicted molar refractivity (Wildman–Crippen MR) is 163 cm³/mol. The predicted octanol–water partition coefficient (Wildman–Crippen LogP) is 4.11. The summed E-state index contributed by atoms with van der Waals surface area (Å²) in [6, 6.07) is 16.8. The number of aryl methyl sites for hydroxylation is 1. The molecule has 2 aromatic heterocycles. The van der Waals surface area contributed by atoms with Gasteiger partial charge in [-0.05, 0) is 61.5 Å². The van der Waals surface area contributed by atoms with Gasteiger partial charge in [-0.1, -0.05) is 25.1 Å². The summed E-state index contributed by atoms with van der Waals surface area (Å²) >= 11 is 0. The summed E-state index contributed by atoms with van der Waals surface area (Å²) in [6.07, 6.45) is 5.55. The minimum Gasteiger partial charge on any atom is -0.488 e. The van der Waals surface area contributed by atoms with E-state index in [0.717, 1.165) is 28.6 Å². The second-order valence-electron chi connectivity index (χ2n) is 11.4. The minimum absolute atomic E-state index is 0.0102. The zero-order chi connectivity index (χ0) is 29.8. The molecule has 3 heterocycles. The Kier molecular flexibility index (Phi) is 8.89. The Morgan fingerprint density at radius 2 is 1.95 bits per heavy atom. The SMILES string of the molecule is C[C@H](CO)N1C[C@H](C)[C@H](CN(C)Cc2ccncc2)Oc2ccc(NC(=O)Cc3cn(C)c4ccccc34)cc2C1=O. The van der Waals surface area contributed by atoms with Crippen molar-refractivity contribution >= 4 is 28.4 Å². The van der Waals surface area contributed by atoms with Gasteiger partial charge >= 0.3 is 0 Å². The van der Waals surface area contributed by atoms with Crippen molar-refractivity contribution in [3.8, 4) is 5.75 Å². The third-order valence-corrected chi connectivity index (χ3v) is 7.97. The Bertz CT molecular complexity index is 1550. The lowest BCUT2D eigenvalue weighted by Crippen LogP contribution is -2.49. The van der Waals surface area contributed by atoms with Crippen molar-refractivity contribution in [3.63, 3.8) is 0 Å². The van der Waals surface area contributed by atoms with Gasteiger partial charge in [-0.2, -0.15) is 0 Å². The third-order valence-electron chi connectivity index (χ3n) is 7.97. The van der Waals surface area contributed by atoms with E-state index < -0.39 is 0 Å². The Morgan fingerprint density at radius 1 is 1.19 bits per heavy atom. The first-order chi connectivity index (χ1) is 20.2. The number of pyridine rings is 1. The molecule has 0 saturated carbocycles. The zero-order valence-corrected chi connectivity index (χ0v) is 24.7. The first kappa shape index (κ1) is 29.3. The second-order valence-corrected chi connectivity index (χ2v) is 11.4. The summed E-state index contributed by atoms with van der Waals surface area (Å²) in [4.78, 5) is 34.9. The van der Waals surface area contributed by atoms with Gasteiger partial charge in [0.05, 0.1) is 24.6 Å². The molecule has 5 rings (SSSR count). The van der Waals surface area contributed by atoms with Gasteiger partial charge in [0.25, 0.3) is 5.91 Å². The summed E-state index contributed by atoms with van der Waals surface area (Å²) in [7, 11) is 4.01. The van der Waals surface area contributed by atoms with Gasteiger partial charge in [0.2, 0.25) is 5.91 Å². The number of ether oxygens (including phenoxy) is 1. The number of hydrogen-bond acceptors (Lipinski definition) is 6. The van der Waals surface area contributed by atoms with Crippen molar-refractivity contribution in [1.82, 2.24) is 19.4 Å². The van der Waals surface area contributed by atoms with Crippen molar-refractivity contribution in [2.24, 2.45) is 13.0 Å². The lowest BCUT2D eigenvalue weighted by atomic mass is 9.99. The van der Waals surface area contributed by atoms with Crippen molar-refractivity contribution in [1.29, 1.82) is 0 Å². The number of anilines is 1. The fourth-order valence-electron chi connectivity index (χ4n) is 5.63. The van der Waals surface area contributed by atoms with Crippen LogP contribution in [-0.2, 0) is 24.8 Å². The van der Waals surface area contributed by atoms with E-state index in [1.54, 1.807) is 35.5 Å². The first-order valence-electron chi connectivity index (χ1n) is 14.4. The van der Waals surface area contributed by atoms with Crippen molar-refractivity contribution in [3.05, 3.63) is 89.9 Å². The van der Waals surface area contributed by atoms with E-state index in [2.05, 4.69) is 22.1 Å². The van der Waals surface area contributed by atoms with Crippen LogP contribution in [-0.4, -0.2) is 75.2 Å². The fourth-order valence-corrected chi connectivity index (χ4v) is 5.63. The molecule has 2 aromatic carbocycles. The Labute approximate surface area is 246 Å². The number of amides is 2. The number of aliphatic hydroxyl groups is 1. The number of aromatic nitrogens is 2. The number of rotatable bonds is 9. The Hall–Kier alpha value is -4.21. The molecule has 0 unspecified atom stereocenters. The molecule has 9 heteroatoms. The molecule has 1 aliphatic heterocycles. The zero-order valence-electron chi connectivity index (χ0n) is 24.7. The van der Waals surface area contributed by atoms with Crippen LogP contribution in [0, 0.1) is 5.92 Å². The van der Waals surface area contributed by atoms with Gasteiger partial charge in [-0.3, -0.25) is 19.5 Å². The Balaban J connectivity index is 1.37. The van der Waals surface area contributed by atoms with Crippen LogP contribution in [0.25, 0.3) is 10.9 Å². The van der Waals surface area contributed by atoms with Gasteiger partial charge in [0, 0.05) is 67.8 Å². The highest BCUT2D eigenvalue weighted by Crippen LogP contribution is 2.31. The standard InChI is InChI=1S/C33H39N5O4/c1-22-17-38(23(2)21-39)33(41)28-16-26(35-32(40)15-25-19-37(4)29-8-6-5-7-27(25)29)9-10-30(28)42-31(22)20-36(3)18-24-11-13-34-14-12-24/h5-14,16,19,22-23,31,39H,15,17-18,20-21H2,1-4H3,(H,35,40)/t22-,23+,31-/m0/s1. The second kappa shape index (κ2) is 12.8. The maximum atomic E-state index is 13.8. The number of carbonyl (C=O) groups is 2. The molecular weight excluding hydrogens is 530 g/mol. The number of hydrogen-bond donors (Lipinski definition) is 2. The highest BCUT2D eigenvalue weighted by atomic mass is 16.5. The molecular formula is C33H39N5O4. The van der Waals surface area contributed by atoms with Crippen LogP contribution >= 0.6 is 0 Å². The van der Waals surface area contributed by atoms with E-state index >= 15 is 0 Å². The molecule has 0 saturated heterocycles. The molecule has 3 atom stereocenters. The van der Waals surface area contributed by atoms with Crippen LogP contribution in [0.1, 0.15) is 35.3 Å². The van der Waals surface area contributed by atoms with Gasteiger partial charge in [-0.15, -0.1) is 0 Å². The smallest absolute Gasteiger partial charge is 0.258 e. The van der Waals surface area contributed by atoms with Gasteiger partial charge in [-0.25, -0.2) is 0 Å². The van der Waals surface area contributed by atoms with Crippen LogP contribution in [0.5, 0.6) is 5.75 Å². The molecule has 4 aromatic rings. The highest BCUT2D eigenvalue weighted by Gasteiger charge is 2.33. The van der Waals surface area contributed by atoms with Crippen LogP contribution < -0.4 is 10.1 Å². The lowest BCUT2D eigenvalue weighted by molar-refractivity contribution is -0.115. The van der Waals surface area contributed by atoms with Crippen molar-refractivity contribution in [2.45, 2.75) is 39.0 Å². The highest BCUT2D eigenvalue weighted by molar-refractivity contribution is 6.00. The quantitative estimate of drug-likeness (QED) is 0.315. The molecule has 0 radical (unpaired) electrons. The number of nitrogens with one attached hydrogen (secondary N) is 1. The number of aliphatic hydroxyl groups excluding tert-OH is 1. The maximum Gasteiger partial charge on any atom is 0.258 e. The van der Waals surface area contributed by atoms with Crippen LogP contribution in [0.2, 0.25) is 0 Å². The summed E-state index contributed by atoms with van der Waals surface area (Å²) in [5.41, 5.74) is 4.05. The fraction of sp³-hybridized carbons (Fsp3) is 0.364. The van der Waals surface area contributed by atoms with Gasteiger partial charge in [0.1, 0.15) is 11.9 Å². The van der Waals surface area contributed by atoms with E-state index in [9.17, 15) is 14.7 Å². The molecule has 9 nitrogen and oxygen atoms in total. The van der Waals surface area contributed by atoms with E-state index in [-0.39, 0.29) is 42.9 Å². The normalized spacial score (nSPS) is 17.9. The number of likely N-dealkylation sites (N-methyl/N-ethyl adjacent to an activating group) is 1. The molecule has 0 bridgehead atoms. The minimum atomic E-state index is -0.370. The number of benzene rings is 2. The van der Waals surface area contributed by atoms with Crippen LogP contribution in [0.15, 0.2) is 73.2 Å². The topological polar surface area (TPSA) is 99.9 Å². The number of fused-ring (bicyclic) bond motifs is 2. The third kappa shape index (κ3) is 6.48. The average molecular weight is 570 g/mol. The summed E-state index contributed by atoms with van der Waals surface area (Å²) in [5.74, 6) is 0.0783. The number of para-hydroxylation sites is 1. The molecule has 1 aliphatic rings. The summed E-state index contributed by atoms with van der Waals surface area (Å²) in [5, 5.41) is 14.0. The van der Waals surface area contributed by atoms with Crippen molar-refractivity contribution < 1.29 is 19.4 Å². The lowest BCUT2D eigenvalue weighted by Gasteiger charge is -2.38.